The molecule has 0 fully saturated rings. The molecular formula is C11H24ClNO3S. The first-order valence-electron chi connectivity index (χ1n) is 6.18. The van der Waals surface area contributed by atoms with Crippen molar-refractivity contribution in [2.24, 2.45) is 5.92 Å². The van der Waals surface area contributed by atoms with Gasteiger partial charge in [-0.05, 0) is 18.8 Å². The molecule has 4 nitrogen and oxygen atoms in total. The maximum Gasteiger partial charge on any atom is 0.211 e. The monoisotopic (exact) mass is 285 g/mol. The Kier molecular flexibility index (Phi) is 9.22. The summed E-state index contributed by atoms with van der Waals surface area (Å²) in [5.74, 6) is 0.710. The first-order valence-corrected chi connectivity index (χ1v) is 8.36. The van der Waals surface area contributed by atoms with Crippen LogP contribution in [0.25, 0.3) is 0 Å². The van der Waals surface area contributed by atoms with Crippen LogP contribution in [0.1, 0.15) is 39.5 Å². The maximum atomic E-state index is 11.5. The van der Waals surface area contributed by atoms with E-state index in [4.69, 9.17) is 11.6 Å². The van der Waals surface area contributed by atoms with Crippen molar-refractivity contribution in [3.63, 3.8) is 0 Å². The number of sulfonamides is 1. The number of unbranched alkanes of at least 4 members (excludes halogenated alkanes) is 1. The van der Waals surface area contributed by atoms with E-state index in [9.17, 15) is 13.5 Å². The second kappa shape index (κ2) is 9.14. The van der Waals surface area contributed by atoms with E-state index in [0.29, 0.717) is 18.7 Å². The van der Waals surface area contributed by atoms with Gasteiger partial charge in [0.2, 0.25) is 10.0 Å². The first-order chi connectivity index (χ1) is 7.96. The van der Waals surface area contributed by atoms with E-state index in [1.165, 1.54) is 0 Å². The van der Waals surface area contributed by atoms with Crippen LogP contribution in [0.5, 0.6) is 0 Å². The molecule has 1 unspecified atom stereocenters. The van der Waals surface area contributed by atoms with Crippen molar-refractivity contribution in [3.8, 4) is 0 Å². The third-order valence-corrected chi connectivity index (χ3v) is 4.60. The van der Waals surface area contributed by atoms with Crippen LogP contribution in [-0.4, -0.2) is 37.8 Å². The van der Waals surface area contributed by atoms with Crippen molar-refractivity contribution < 1.29 is 13.5 Å². The van der Waals surface area contributed by atoms with Crippen molar-refractivity contribution in [1.29, 1.82) is 0 Å². The summed E-state index contributed by atoms with van der Waals surface area (Å²) in [7, 11) is -3.27. The highest BCUT2D eigenvalue weighted by Crippen LogP contribution is 2.12. The summed E-state index contributed by atoms with van der Waals surface area (Å²) in [6.45, 7) is 4.09. The number of nitrogens with one attached hydrogen (secondary N) is 1. The summed E-state index contributed by atoms with van der Waals surface area (Å²) in [5, 5.41) is 9.80. The molecule has 0 heterocycles. The fourth-order valence-corrected chi connectivity index (χ4v) is 3.01. The molecule has 0 aliphatic carbocycles. The van der Waals surface area contributed by atoms with Crippen LogP contribution in [0.3, 0.4) is 0 Å². The van der Waals surface area contributed by atoms with Crippen LogP contribution >= 0.6 is 11.6 Å². The number of halogens is 1. The van der Waals surface area contributed by atoms with Crippen LogP contribution in [0, 0.1) is 5.92 Å². The van der Waals surface area contributed by atoms with Crippen LogP contribution < -0.4 is 4.72 Å². The number of alkyl halides is 1. The van der Waals surface area contributed by atoms with Gasteiger partial charge in [0, 0.05) is 12.4 Å². The highest BCUT2D eigenvalue weighted by molar-refractivity contribution is 7.89. The van der Waals surface area contributed by atoms with Gasteiger partial charge in [-0.3, -0.25) is 0 Å². The lowest BCUT2D eigenvalue weighted by Gasteiger charge is -2.20. The molecule has 0 saturated heterocycles. The molecular weight excluding hydrogens is 262 g/mol. The van der Waals surface area contributed by atoms with Crippen molar-refractivity contribution in [2.75, 3.05) is 18.2 Å². The van der Waals surface area contributed by atoms with Gasteiger partial charge in [-0.2, -0.15) is 0 Å². The summed E-state index contributed by atoms with van der Waals surface area (Å²) in [6, 6.07) is 0. The number of rotatable bonds is 10. The Balaban J connectivity index is 4.00. The van der Waals surface area contributed by atoms with Crippen LogP contribution in [0.15, 0.2) is 0 Å². The molecule has 0 aromatic carbocycles. The molecule has 104 valence electrons. The van der Waals surface area contributed by atoms with Gasteiger partial charge in [0.05, 0.1) is 11.9 Å². The molecule has 0 saturated carbocycles. The van der Waals surface area contributed by atoms with E-state index in [0.717, 1.165) is 12.8 Å². The molecule has 0 aliphatic heterocycles. The minimum absolute atomic E-state index is 0.0787. The predicted molar refractivity (Wildman–Crippen MR) is 71.8 cm³/mol. The van der Waals surface area contributed by atoms with Crippen LogP contribution in [0.4, 0.5) is 0 Å². The Morgan fingerprint density at radius 3 is 2.29 bits per heavy atom. The molecule has 6 heteroatoms. The van der Waals surface area contributed by atoms with Gasteiger partial charge in [-0.15, -0.1) is 11.6 Å². The van der Waals surface area contributed by atoms with Gasteiger partial charge in [0.1, 0.15) is 0 Å². The highest BCUT2D eigenvalue weighted by Gasteiger charge is 2.18. The van der Waals surface area contributed by atoms with E-state index < -0.39 is 16.1 Å². The topological polar surface area (TPSA) is 66.4 Å². The minimum atomic E-state index is -3.27. The average Bonchev–Trinajstić information content (AvgIpc) is 2.28. The van der Waals surface area contributed by atoms with Gasteiger partial charge in [0.15, 0.2) is 0 Å². The molecule has 0 radical (unpaired) electrons. The maximum absolute atomic E-state index is 11.5. The summed E-state index contributed by atoms with van der Waals surface area (Å²) < 4.78 is 25.5. The zero-order valence-electron chi connectivity index (χ0n) is 10.7. The van der Waals surface area contributed by atoms with E-state index in [1.807, 2.05) is 13.8 Å². The molecule has 1 atom stereocenters. The zero-order chi connectivity index (χ0) is 13.3. The van der Waals surface area contributed by atoms with Crippen LogP contribution in [-0.2, 0) is 10.0 Å². The molecule has 0 rings (SSSR count). The Morgan fingerprint density at radius 1 is 1.24 bits per heavy atom. The standard InChI is InChI=1S/C11H24ClNO3S/c1-3-10(4-2)11(14)9-13-17(15,16)8-6-5-7-12/h10-11,13-14H,3-9H2,1-2H3. The third-order valence-electron chi connectivity index (χ3n) is 2.90. The second-order valence-electron chi connectivity index (χ2n) is 4.21. The molecule has 17 heavy (non-hydrogen) atoms. The van der Waals surface area contributed by atoms with Crippen molar-refractivity contribution in [2.45, 2.75) is 45.6 Å². The smallest absolute Gasteiger partial charge is 0.211 e. The Hall–Kier alpha value is 0.160. The normalized spacial score (nSPS) is 14.2. The van der Waals surface area contributed by atoms with E-state index in [1.54, 1.807) is 0 Å². The summed E-state index contributed by atoms with van der Waals surface area (Å²) in [5.41, 5.74) is 0. The van der Waals surface area contributed by atoms with Crippen molar-refractivity contribution in [3.05, 3.63) is 0 Å². The largest absolute Gasteiger partial charge is 0.391 e. The van der Waals surface area contributed by atoms with E-state index >= 15 is 0 Å². The van der Waals surface area contributed by atoms with Gasteiger partial charge in [0.25, 0.3) is 0 Å². The van der Waals surface area contributed by atoms with Gasteiger partial charge >= 0.3 is 0 Å². The lowest BCUT2D eigenvalue weighted by molar-refractivity contribution is 0.107. The lowest BCUT2D eigenvalue weighted by atomic mass is 9.97. The second-order valence-corrected chi connectivity index (χ2v) is 6.51. The Morgan fingerprint density at radius 2 is 1.82 bits per heavy atom. The van der Waals surface area contributed by atoms with Gasteiger partial charge in [-0.1, -0.05) is 26.7 Å². The van der Waals surface area contributed by atoms with E-state index in [2.05, 4.69) is 4.72 Å². The number of hydrogen-bond donors (Lipinski definition) is 2. The highest BCUT2D eigenvalue weighted by atomic mass is 35.5. The minimum Gasteiger partial charge on any atom is -0.391 e. The number of aliphatic hydroxyl groups excluding tert-OH is 1. The molecule has 0 aliphatic rings. The Bertz CT molecular complexity index is 278. The summed E-state index contributed by atoms with van der Waals surface area (Å²) in [4.78, 5) is 0. The van der Waals surface area contributed by atoms with Crippen molar-refractivity contribution >= 4 is 21.6 Å². The average molecular weight is 286 g/mol. The number of aliphatic hydroxyl groups is 1. The lowest BCUT2D eigenvalue weighted by Crippen LogP contribution is -2.37. The fourth-order valence-electron chi connectivity index (χ4n) is 1.67. The Labute approximate surface area is 110 Å². The van der Waals surface area contributed by atoms with E-state index in [-0.39, 0.29) is 18.2 Å². The SMILES string of the molecule is CCC(CC)C(O)CNS(=O)(=O)CCCCCl. The zero-order valence-corrected chi connectivity index (χ0v) is 12.2. The quantitative estimate of drug-likeness (QED) is 0.474. The predicted octanol–water partition coefficient (Wildman–Crippen LogP) is 1.72. The van der Waals surface area contributed by atoms with Gasteiger partial charge in [-0.25, -0.2) is 13.1 Å². The number of hydrogen-bond acceptors (Lipinski definition) is 3. The molecule has 0 aromatic heterocycles. The van der Waals surface area contributed by atoms with Gasteiger partial charge < -0.3 is 5.11 Å². The summed E-state index contributed by atoms with van der Waals surface area (Å²) in [6.07, 6.45) is 2.35. The molecule has 0 spiro atoms. The third kappa shape index (κ3) is 7.97. The van der Waals surface area contributed by atoms with Crippen LogP contribution in [0.2, 0.25) is 0 Å². The summed E-state index contributed by atoms with van der Waals surface area (Å²) >= 11 is 5.48. The fraction of sp³-hybridized carbons (Fsp3) is 1.00. The molecule has 0 aromatic rings. The first kappa shape index (κ1) is 17.2. The molecule has 0 amide bonds. The molecule has 2 N–H and O–H groups in total. The van der Waals surface area contributed by atoms with Crippen molar-refractivity contribution in [1.82, 2.24) is 4.72 Å². The molecule has 0 bridgehead atoms.